The lowest BCUT2D eigenvalue weighted by molar-refractivity contribution is -0.117. The minimum absolute atomic E-state index is 0.180. The first-order valence-corrected chi connectivity index (χ1v) is 9.40. The Hall–Kier alpha value is -2.21. The number of ether oxygens (including phenoxy) is 1. The van der Waals surface area contributed by atoms with Crippen molar-refractivity contribution in [3.05, 3.63) is 64.7 Å². The molecule has 1 aliphatic heterocycles. The number of carbonyl (C=O) groups excluding carboxylic acids is 2. The van der Waals surface area contributed by atoms with E-state index in [0.717, 1.165) is 19.4 Å². The Balaban J connectivity index is 1.69. The van der Waals surface area contributed by atoms with E-state index in [4.69, 9.17) is 16.3 Å². The van der Waals surface area contributed by atoms with Crippen LogP contribution in [0.25, 0.3) is 0 Å². The van der Waals surface area contributed by atoms with Crippen molar-refractivity contribution in [3.63, 3.8) is 0 Å². The molecule has 1 N–H and O–H groups in total. The Morgan fingerprint density at radius 2 is 2.00 bits per heavy atom. The summed E-state index contributed by atoms with van der Waals surface area (Å²) < 4.78 is 5.60. The molecule has 1 amide bonds. The van der Waals surface area contributed by atoms with Crippen molar-refractivity contribution >= 4 is 29.0 Å². The molecule has 5 nitrogen and oxygen atoms in total. The molecule has 27 heavy (non-hydrogen) atoms. The van der Waals surface area contributed by atoms with Gasteiger partial charge in [0.05, 0.1) is 18.3 Å². The molecule has 0 bridgehead atoms. The van der Waals surface area contributed by atoms with E-state index in [1.807, 2.05) is 18.0 Å². The van der Waals surface area contributed by atoms with Gasteiger partial charge in [-0.1, -0.05) is 41.9 Å². The molecule has 0 aromatic heterocycles. The third-order valence-electron chi connectivity index (χ3n) is 4.49. The van der Waals surface area contributed by atoms with E-state index < -0.39 is 0 Å². The van der Waals surface area contributed by atoms with Crippen LogP contribution in [-0.4, -0.2) is 49.4 Å². The number of carbonyl (C=O) groups is 2. The van der Waals surface area contributed by atoms with Gasteiger partial charge in [-0.25, -0.2) is 0 Å². The van der Waals surface area contributed by atoms with E-state index >= 15 is 0 Å². The molecule has 142 valence electrons. The van der Waals surface area contributed by atoms with Crippen LogP contribution >= 0.6 is 11.6 Å². The zero-order valence-corrected chi connectivity index (χ0v) is 16.0. The summed E-state index contributed by atoms with van der Waals surface area (Å²) in [6, 6.07) is 13.8. The molecule has 2 aromatic rings. The van der Waals surface area contributed by atoms with Crippen molar-refractivity contribution in [2.75, 3.05) is 32.1 Å². The van der Waals surface area contributed by atoms with Crippen molar-refractivity contribution in [2.45, 2.75) is 18.9 Å². The van der Waals surface area contributed by atoms with Gasteiger partial charge in [0, 0.05) is 29.3 Å². The summed E-state index contributed by atoms with van der Waals surface area (Å²) in [7, 11) is 1.89. The highest BCUT2D eigenvalue weighted by atomic mass is 35.5. The van der Waals surface area contributed by atoms with Crippen LogP contribution in [0.2, 0.25) is 5.02 Å². The number of likely N-dealkylation sites (N-methyl/N-ethyl adjacent to an activating group) is 1. The lowest BCUT2D eigenvalue weighted by Crippen LogP contribution is -2.35. The smallest absolute Gasteiger partial charge is 0.238 e. The van der Waals surface area contributed by atoms with Crippen molar-refractivity contribution in [1.29, 1.82) is 0 Å². The number of amides is 1. The summed E-state index contributed by atoms with van der Waals surface area (Å²) >= 11 is 6.08. The highest BCUT2D eigenvalue weighted by Gasteiger charge is 2.20. The maximum Gasteiger partial charge on any atom is 0.238 e. The maximum absolute atomic E-state index is 12.8. The first kappa shape index (κ1) is 19.5. The van der Waals surface area contributed by atoms with E-state index in [2.05, 4.69) is 5.32 Å². The molecule has 0 saturated carbocycles. The highest BCUT2D eigenvalue weighted by molar-refractivity contribution is 6.31. The molecule has 0 spiro atoms. The Morgan fingerprint density at radius 1 is 1.22 bits per heavy atom. The number of hydrogen-bond acceptors (Lipinski definition) is 4. The molecule has 2 aromatic carbocycles. The van der Waals surface area contributed by atoms with Crippen molar-refractivity contribution in [2.24, 2.45) is 0 Å². The standard InChI is InChI=1S/C21H23ClN2O3/c1-24(13-17-8-5-11-27-17)14-20(25)23-19-10-9-16(22)12-18(19)21(26)15-6-3-2-4-7-15/h2-4,6-7,9-10,12,17H,5,8,11,13-14H2,1H3,(H,23,25). The third-order valence-corrected chi connectivity index (χ3v) is 4.72. The molecule has 1 atom stereocenters. The summed E-state index contributed by atoms with van der Waals surface area (Å²) in [6.45, 7) is 1.73. The van der Waals surface area contributed by atoms with Crippen LogP contribution < -0.4 is 5.32 Å². The largest absolute Gasteiger partial charge is 0.377 e. The second kappa shape index (κ2) is 9.13. The van der Waals surface area contributed by atoms with E-state index in [-0.39, 0.29) is 24.3 Å². The first-order chi connectivity index (χ1) is 13.0. The number of ketones is 1. The van der Waals surface area contributed by atoms with Gasteiger partial charge in [-0.2, -0.15) is 0 Å². The Morgan fingerprint density at radius 3 is 2.70 bits per heavy atom. The van der Waals surface area contributed by atoms with Crippen LogP contribution in [0.1, 0.15) is 28.8 Å². The van der Waals surface area contributed by atoms with E-state index in [1.165, 1.54) is 0 Å². The number of anilines is 1. The average molecular weight is 387 g/mol. The average Bonchev–Trinajstić information content (AvgIpc) is 3.16. The van der Waals surface area contributed by atoms with Gasteiger partial charge in [0.25, 0.3) is 0 Å². The molecule has 3 rings (SSSR count). The number of nitrogens with zero attached hydrogens (tertiary/aromatic N) is 1. The van der Waals surface area contributed by atoms with Crippen molar-refractivity contribution in [3.8, 4) is 0 Å². The number of halogens is 1. The summed E-state index contributed by atoms with van der Waals surface area (Å²) in [6.07, 6.45) is 2.29. The number of hydrogen-bond donors (Lipinski definition) is 1. The summed E-state index contributed by atoms with van der Waals surface area (Å²) in [5, 5.41) is 3.29. The molecule has 0 radical (unpaired) electrons. The quantitative estimate of drug-likeness (QED) is 0.738. The fraction of sp³-hybridized carbons (Fsp3) is 0.333. The fourth-order valence-corrected chi connectivity index (χ4v) is 3.37. The predicted octanol–water partition coefficient (Wildman–Crippen LogP) is 3.62. The number of benzene rings is 2. The van der Waals surface area contributed by atoms with Crippen LogP contribution in [0.4, 0.5) is 5.69 Å². The van der Waals surface area contributed by atoms with E-state index in [0.29, 0.717) is 28.4 Å². The van der Waals surface area contributed by atoms with E-state index in [1.54, 1.807) is 42.5 Å². The van der Waals surface area contributed by atoms with Gasteiger partial charge in [-0.15, -0.1) is 0 Å². The maximum atomic E-state index is 12.8. The van der Waals surface area contributed by atoms with Crippen LogP contribution in [0.3, 0.4) is 0 Å². The monoisotopic (exact) mass is 386 g/mol. The van der Waals surface area contributed by atoms with Crippen LogP contribution in [0, 0.1) is 0 Å². The molecule has 1 unspecified atom stereocenters. The van der Waals surface area contributed by atoms with Crippen molar-refractivity contribution < 1.29 is 14.3 Å². The molecular formula is C21H23ClN2O3. The molecule has 1 saturated heterocycles. The summed E-state index contributed by atoms with van der Waals surface area (Å²) in [5.41, 5.74) is 1.39. The molecule has 1 aliphatic rings. The van der Waals surface area contributed by atoms with Gasteiger partial charge >= 0.3 is 0 Å². The highest BCUT2D eigenvalue weighted by Crippen LogP contribution is 2.24. The summed E-state index contributed by atoms with van der Waals surface area (Å²) in [5.74, 6) is -0.360. The third kappa shape index (κ3) is 5.39. The lowest BCUT2D eigenvalue weighted by atomic mass is 10.0. The lowest BCUT2D eigenvalue weighted by Gasteiger charge is -2.20. The molecule has 1 heterocycles. The summed E-state index contributed by atoms with van der Waals surface area (Å²) in [4.78, 5) is 27.2. The van der Waals surface area contributed by atoms with E-state index in [9.17, 15) is 9.59 Å². The van der Waals surface area contributed by atoms with Crippen molar-refractivity contribution in [1.82, 2.24) is 4.90 Å². The second-order valence-corrected chi connectivity index (χ2v) is 7.20. The Labute approximate surface area is 164 Å². The minimum Gasteiger partial charge on any atom is -0.377 e. The zero-order chi connectivity index (χ0) is 19.2. The van der Waals surface area contributed by atoms with Gasteiger partial charge in [0.15, 0.2) is 5.78 Å². The topological polar surface area (TPSA) is 58.6 Å². The molecular weight excluding hydrogens is 364 g/mol. The fourth-order valence-electron chi connectivity index (χ4n) is 3.19. The number of nitrogens with one attached hydrogen (secondary N) is 1. The molecule has 0 aliphatic carbocycles. The minimum atomic E-state index is -0.181. The molecule has 6 heteroatoms. The van der Waals surface area contributed by atoms with Gasteiger partial charge in [-0.05, 0) is 38.1 Å². The number of rotatable bonds is 7. The van der Waals surface area contributed by atoms with Crippen LogP contribution in [0.5, 0.6) is 0 Å². The van der Waals surface area contributed by atoms with Gasteiger partial charge in [0.1, 0.15) is 0 Å². The molecule has 1 fully saturated rings. The van der Waals surface area contributed by atoms with Crippen LogP contribution in [-0.2, 0) is 9.53 Å². The van der Waals surface area contributed by atoms with Gasteiger partial charge in [0.2, 0.25) is 5.91 Å². The Bertz CT molecular complexity index is 804. The normalized spacial score (nSPS) is 16.5. The zero-order valence-electron chi connectivity index (χ0n) is 15.3. The first-order valence-electron chi connectivity index (χ1n) is 9.02. The van der Waals surface area contributed by atoms with Crippen LogP contribution in [0.15, 0.2) is 48.5 Å². The van der Waals surface area contributed by atoms with Gasteiger partial charge < -0.3 is 10.1 Å². The van der Waals surface area contributed by atoms with Gasteiger partial charge in [-0.3, -0.25) is 14.5 Å². The SMILES string of the molecule is CN(CC(=O)Nc1ccc(Cl)cc1C(=O)c1ccccc1)CC1CCCO1. The Kier molecular flexibility index (Phi) is 6.61. The predicted molar refractivity (Wildman–Crippen MR) is 106 cm³/mol. The second-order valence-electron chi connectivity index (χ2n) is 6.77.